The van der Waals surface area contributed by atoms with Gasteiger partial charge in [-0.05, 0) is 26.3 Å². The molecule has 0 aromatic heterocycles. The summed E-state index contributed by atoms with van der Waals surface area (Å²) in [5.41, 5.74) is 4.00. The van der Waals surface area contributed by atoms with Crippen molar-refractivity contribution in [2.45, 2.75) is 31.9 Å². The van der Waals surface area contributed by atoms with Gasteiger partial charge < -0.3 is 5.73 Å². The monoisotopic (exact) mass is 143 g/mol. The highest BCUT2D eigenvalue weighted by Crippen LogP contribution is 2.20. The predicted octanol–water partition coefficient (Wildman–Crippen LogP) is 1.48. The number of rotatable bonds is 4. The molecule has 1 atom stereocenters. The van der Waals surface area contributed by atoms with Crippen LogP contribution >= 0.6 is 0 Å². The molecule has 0 heterocycles. The minimum Gasteiger partial charge on any atom is -0.330 e. The summed E-state index contributed by atoms with van der Waals surface area (Å²) in [5, 5.41) is 0. The third kappa shape index (κ3) is 4.34. The Hall–Kier alpha value is -0.550. The molecular weight excluding hydrogens is 129 g/mol. The van der Waals surface area contributed by atoms with E-state index < -0.39 is 5.67 Å². The minimum absolute atomic E-state index is 0.188. The Bertz CT molecular complexity index is 124. The lowest BCUT2D eigenvalue weighted by Crippen LogP contribution is -2.18. The Labute approximate surface area is 61.8 Å². The predicted molar refractivity (Wildman–Crippen MR) is 41.3 cm³/mol. The first-order valence-corrected chi connectivity index (χ1v) is 3.45. The van der Waals surface area contributed by atoms with Gasteiger partial charge in [0.1, 0.15) is 5.67 Å². The normalized spacial score (nSPS) is 15.8. The Morgan fingerprint density at radius 3 is 2.70 bits per heavy atom. The van der Waals surface area contributed by atoms with Crippen LogP contribution in [0.25, 0.3) is 0 Å². The van der Waals surface area contributed by atoms with E-state index in [1.54, 1.807) is 0 Å². The van der Waals surface area contributed by atoms with E-state index in [0.717, 1.165) is 0 Å². The van der Waals surface area contributed by atoms with E-state index in [0.29, 0.717) is 19.4 Å². The molecule has 0 amide bonds. The van der Waals surface area contributed by atoms with Gasteiger partial charge in [-0.3, -0.25) is 0 Å². The molecule has 2 N–H and O–H groups in total. The molecule has 0 rings (SSSR count). The molecule has 0 aromatic rings. The molecule has 0 spiro atoms. The van der Waals surface area contributed by atoms with E-state index >= 15 is 0 Å². The second kappa shape index (κ2) is 4.29. The minimum atomic E-state index is -1.21. The van der Waals surface area contributed by atoms with Gasteiger partial charge in [0.15, 0.2) is 0 Å². The lowest BCUT2D eigenvalue weighted by atomic mass is 9.99. The summed E-state index contributed by atoms with van der Waals surface area (Å²) in [5.74, 6) is 2.30. The molecule has 0 saturated carbocycles. The molecule has 58 valence electrons. The zero-order valence-electron chi connectivity index (χ0n) is 6.36. The van der Waals surface area contributed by atoms with Crippen molar-refractivity contribution in [3.8, 4) is 12.3 Å². The van der Waals surface area contributed by atoms with Gasteiger partial charge in [-0.15, -0.1) is 12.3 Å². The smallest absolute Gasteiger partial charge is 0.119 e. The summed E-state index contributed by atoms with van der Waals surface area (Å²) in [6.45, 7) is 2.05. The topological polar surface area (TPSA) is 26.0 Å². The number of hydrogen-bond donors (Lipinski definition) is 1. The zero-order chi connectivity index (χ0) is 8.04. The Balaban J connectivity index is 3.55. The fourth-order valence-corrected chi connectivity index (χ4v) is 0.772. The summed E-state index contributed by atoms with van der Waals surface area (Å²) in [7, 11) is 0. The van der Waals surface area contributed by atoms with Crippen LogP contribution in [0.4, 0.5) is 4.39 Å². The van der Waals surface area contributed by atoms with Gasteiger partial charge in [0.05, 0.1) is 0 Å². The van der Waals surface area contributed by atoms with Crippen molar-refractivity contribution in [3.05, 3.63) is 0 Å². The molecule has 10 heavy (non-hydrogen) atoms. The van der Waals surface area contributed by atoms with E-state index in [9.17, 15) is 4.39 Å². The fourth-order valence-electron chi connectivity index (χ4n) is 0.772. The number of nitrogens with two attached hydrogens (primary N) is 1. The average Bonchev–Trinajstić information content (AvgIpc) is 1.84. The first kappa shape index (κ1) is 9.45. The molecule has 1 unspecified atom stereocenters. The van der Waals surface area contributed by atoms with Gasteiger partial charge in [0, 0.05) is 6.42 Å². The molecule has 0 bridgehead atoms. The molecule has 0 aliphatic rings. The molecule has 0 saturated heterocycles. The van der Waals surface area contributed by atoms with Crippen LogP contribution in [0.2, 0.25) is 0 Å². The molecular formula is C8H14FN. The quantitative estimate of drug-likeness (QED) is 0.593. The molecule has 0 aliphatic carbocycles. The first-order valence-electron chi connectivity index (χ1n) is 3.45. The third-order valence-electron chi connectivity index (χ3n) is 1.37. The molecule has 0 fully saturated rings. The first-order chi connectivity index (χ1) is 4.62. The van der Waals surface area contributed by atoms with E-state index in [1.807, 2.05) is 0 Å². The van der Waals surface area contributed by atoms with E-state index in [2.05, 4.69) is 5.92 Å². The van der Waals surface area contributed by atoms with Crippen molar-refractivity contribution in [2.75, 3.05) is 6.54 Å². The Morgan fingerprint density at radius 1 is 1.70 bits per heavy atom. The van der Waals surface area contributed by atoms with Crippen LogP contribution in [0.1, 0.15) is 26.2 Å². The van der Waals surface area contributed by atoms with Crippen LogP contribution < -0.4 is 5.73 Å². The van der Waals surface area contributed by atoms with Crippen molar-refractivity contribution >= 4 is 0 Å². The second-order valence-electron chi connectivity index (χ2n) is 2.69. The maximum absolute atomic E-state index is 13.1. The highest BCUT2D eigenvalue weighted by molar-refractivity contribution is 4.93. The van der Waals surface area contributed by atoms with E-state index in [4.69, 9.17) is 12.2 Å². The van der Waals surface area contributed by atoms with E-state index in [1.165, 1.54) is 6.92 Å². The van der Waals surface area contributed by atoms with Crippen LogP contribution in [0, 0.1) is 12.3 Å². The maximum Gasteiger partial charge on any atom is 0.119 e. The summed E-state index contributed by atoms with van der Waals surface area (Å²) in [6, 6.07) is 0. The van der Waals surface area contributed by atoms with Crippen molar-refractivity contribution in [3.63, 3.8) is 0 Å². The van der Waals surface area contributed by atoms with Crippen LogP contribution in [0.5, 0.6) is 0 Å². The zero-order valence-corrected chi connectivity index (χ0v) is 6.36. The lowest BCUT2D eigenvalue weighted by molar-refractivity contribution is 0.179. The molecule has 0 aliphatic heterocycles. The number of alkyl halides is 1. The number of terminal acetylenes is 1. The fraction of sp³-hybridized carbons (Fsp3) is 0.750. The highest BCUT2D eigenvalue weighted by atomic mass is 19.1. The Morgan fingerprint density at radius 2 is 2.30 bits per heavy atom. The summed E-state index contributed by atoms with van der Waals surface area (Å²) in [6.07, 6.45) is 6.32. The maximum atomic E-state index is 13.1. The Kier molecular flexibility index (Phi) is 4.06. The van der Waals surface area contributed by atoms with Gasteiger partial charge in [0.2, 0.25) is 0 Å². The average molecular weight is 143 g/mol. The van der Waals surface area contributed by atoms with Crippen LogP contribution in [0.3, 0.4) is 0 Å². The summed E-state index contributed by atoms with van der Waals surface area (Å²) >= 11 is 0. The molecule has 1 nitrogen and oxygen atoms in total. The lowest BCUT2D eigenvalue weighted by Gasteiger charge is -2.15. The van der Waals surface area contributed by atoms with Crippen LogP contribution in [-0.2, 0) is 0 Å². The molecule has 0 radical (unpaired) electrons. The van der Waals surface area contributed by atoms with Crippen molar-refractivity contribution in [1.82, 2.24) is 0 Å². The summed E-state index contributed by atoms with van der Waals surface area (Å²) in [4.78, 5) is 0. The van der Waals surface area contributed by atoms with Crippen molar-refractivity contribution < 1.29 is 4.39 Å². The number of hydrogen-bond acceptors (Lipinski definition) is 1. The standard InChI is InChI=1S/C8H14FN/c1-3-5-8(2,9)6-4-7-10/h1H,4-7,10H2,2H3. The largest absolute Gasteiger partial charge is 0.330 e. The highest BCUT2D eigenvalue weighted by Gasteiger charge is 2.20. The van der Waals surface area contributed by atoms with Crippen LogP contribution in [0.15, 0.2) is 0 Å². The van der Waals surface area contributed by atoms with Gasteiger partial charge in [-0.2, -0.15) is 0 Å². The van der Waals surface area contributed by atoms with Crippen LogP contribution in [-0.4, -0.2) is 12.2 Å². The van der Waals surface area contributed by atoms with Gasteiger partial charge >= 0.3 is 0 Å². The van der Waals surface area contributed by atoms with Gasteiger partial charge in [0.25, 0.3) is 0 Å². The summed E-state index contributed by atoms with van der Waals surface area (Å²) < 4.78 is 13.1. The molecule has 0 aromatic carbocycles. The third-order valence-corrected chi connectivity index (χ3v) is 1.37. The molecule has 2 heteroatoms. The number of halogens is 1. The van der Waals surface area contributed by atoms with Crippen molar-refractivity contribution in [2.24, 2.45) is 5.73 Å². The van der Waals surface area contributed by atoms with Gasteiger partial charge in [-0.1, -0.05) is 0 Å². The SMILES string of the molecule is C#CCC(C)(F)CCCN. The van der Waals surface area contributed by atoms with E-state index in [-0.39, 0.29) is 6.42 Å². The second-order valence-corrected chi connectivity index (χ2v) is 2.69. The van der Waals surface area contributed by atoms with Gasteiger partial charge in [-0.25, -0.2) is 4.39 Å². The van der Waals surface area contributed by atoms with Crippen molar-refractivity contribution in [1.29, 1.82) is 0 Å².